The summed E-state index contributed by atoms with van der Waals surface area (Å²) in [5.74, 6) is 2.00. The topological polar surface area (TPSA) is 128 Å². The molecule has 1 atom stereocenters. The van der Waals surface area contributed by atoms with E-state index in [-0.39, 0.29) is 31.8 Å². The number of rotatable bonds is 23. The normalized spacial score (nSPS) is 12.6. The largest absolute Gasteiger partial charge is 0.497 e. The van der Waals surface area contributed by atoms with E-state index < -0.39 is 24.8 Å². The van der Waals surface area contributed by atoms with Crippen LogP contribution in [0.3, 0.4) is 0 Å². The minimum atomic E-state index is -3.65. The molecule has 8 aromatic rings. The summed E-state index contributed by atoms with van der Waals surface area (Å²) in [5.41, 5.74) is 4.97. The van der Waals surface area contributed by atoms with Crippen molar-refractivity contribution < 1.29 is 32.6 Å². The van der Waals surface area contributed by atoms with Gasteiger partial charge in [0, 0.05) is 0 Å². The van der Waals surface area contributed by atoms with E-state index in [1.54, 1.807) is 26.9 Å². The van der Waals surface area contributed by atoms with E-state index in [0.29, 0.717) is 23.4 Å². The number of imidazole rings is 1. The highest BCUT2D eigenvalue weighted by atomic mass is 31.2. The molecule has 0 aliphatic heterocycles. The molecule has 0 radical (unpaired) electrons. The highest BCUT2D eigenvalue weighted by Crippen LogP contribution is 2.51. The van der Waals surface area contributed by atoms with Gasteiger partial charge in [0.25, 0.3) is 0 Å². The maximum atomic E-state index is 14.1. The SMILES string of the molecule is COc1ccc(C(Nc2ncnc3c2ncn3C(CCOC(c2ccccc2)(c2ccccc2)c2ccc(OC)cc2)COCP(=O)(OC(C)C)OC(C)C)(c2ccccc2)c2ccccc2)cc1. The molecule has 0 bridgehead atoms. The van der Waals surface area contributed by atoms with Crippen molar-refractivity contribution in [3.63, 3.8) is 0 Å². The monoisotopic (exact) mass is 945 g/mol. The van der Waals surface area contributed by atoms with E-state index in [9.17, 15) is 4.57 Å². The third kappa shape index (κ3) is 10.8. The molecule has 6 aromatic carbocycles. The number of ether oxygens (including phenoxy) is 4. The molecule has 0 amide bonds. The first-order valence-electron chi connectivity index (χ1n) is 23.2. The predicted octanol–water partition coefficient (Wildman–Crippen LogP) is 12.2. The first kappa shape index (κ1) is 48.8. The molecule has 2 aromatic heterocycles. The molecule has 8 rings (SSSR count). The summed E-state index contributed by atoms with van der Waals surface area (Å²) in [6.45, 7) is 7.66. The number of methoxy groups -OCH3 is 2. The average molecular weight is 946 g/mol. The van der Waals surface area contributed by atoms with Crippen LogP contribution < -0.4 is 14.8 Å². The fraction of sp³-hybridized carbons (Fsp3) is 0.268. The highest BCUT2D eigenvalue weighted by Gasteiger charge is 2.40. The fourth-order valence-electron chi connectivity index (χ4n) is 8.92. The zero-order chi connectivity index (χ0) is 48.3. The van der Waals surface area contributed by atoms with Crippen molar-refractivity contribution in [1.29, 1.82) is 0 Å². The standard InChI is InChI=1S/C56H60N5O7P/c1-41(2)67-69(62,68-42(3)4)40-65-37-49(35-36-66-56(46-23-15-9-16-24-46,47-25-17-10-18-26-47)48-29-33-51(64-6)34-30-48)61-39-59-52-53(57-38-58-54(52)61)60-55(43-19-11-7-12-20-43,44-21-13-8-14-22-44)45-27-31-50(63-5)32-28-45/h7-34,38-39,41-42,49H,35-37,40H2,1-6H3,(H,57,58,60). The Bertz CT molecular complexity index is 2790. The van der Waals surface area contributed by atoms with Gasteiger partial charge in [-0.25, -0.2) is 15.0 Å². The Morgan fingerprint density at radius 3 is 1.51 bits per heavy atom. The van der Waals surface area contributed by atoms with Crippen LogP contribution in [0.2, 0.25) is 0 Å². The van der Waals surface area contributed by atoms with Crippen molar-refractivity contribution in [2.75, 3.05) is 39.1 Å². The lowest BCUT2D eigenvalue weighted by Gasteiger charge is -2.37. The van der Waals surface area contributed by atoms with Crippen LogP contribution in [0.4, 0.5) is 5.82 Å². The van der Waals surface area contributed by atoms with Crippen molar-refractivity contribution in [2.24, 2.45) is 0 Å². The van der Waals surface area contributed by atoms with Gasteiger partial charge in [-0.2, -0.15) is 0 Å². The first-order chi connectivity index (χ1) is 33.6. The summed E-state index contributed by atoms with van der Waals surface area (Å²) in [4.78, 5) is 14.8. The average Bonchev–Trinajstić information content (AvgIpc) is 3.82. The second kappa shape index (κ2) is 22.2. The van der Waals surface area contributed by atoms with Crippen LogP contribution in [0.25, 0.3) is 11.2 Å². The lowest BCUT2D eigenvalue weighted by atomic mass is 9.77. The van der Waals surface area contributed by atoms with Gasteiger partial charge in [-0.1, -0.05) is 146 Å². The third-order valence-corrected chi connectivity index (χ3v) is 13.9. The summed E-state index contributed by atoms with van der Waals surface area (Å²) in [6.07, 6.45) is 2.80. The molecule has 0 saturated heterocycles. The summed E-state index contributed by atoms with van der Waals surface area (Å²) in [7, 11) is -0.329. The number of hydrogen-bond acceptors (Lipinski definition) is 11. The molecule has 0 saturated carbocycles. The van der Waals surface area contributed by atoms with Gasteiger partial charge in [0.05, 0.1) is 52.0 Å². The molecule has 1 N–H and O–H groups in total. The van der Waals surface area contributed by atoms with Crippen LogP contribution >= 0.6 is 7.60 Å². The molecule has 12 nitrogen and oxygen atoms in total. The van der Waals surface area contributed by atoms with Crippen molar-refractivity contribution >= 4 is 24.6 Å². The Hall–Kier alpha value is -6.66. The predicted molar refractivity (Wildman–Crippen MR) is 271 cm³/mol. The quantitative estimate of drug-likeness (QED) is 0.0486. The van der Waals surface area contributed by atoms with Gasteiger partial charge >= 0.3 is 7.60 Å². The van der Waals surface area contributed by atoms with Crippen molar-refractivity contribution in [2.45, 2.75) is 63.5 Å². The van der Waals surface area contributed by atoms with Crippen LogP contribution in [0.5, 0.6) is 11.5 Å². The molecule has 0 fully saturated rings. The van der Waals surface area contributed by atoms with Crippen LogP contribution in [0.15, 0.2) is 183 Å². The number of anilines is 1. The van der Waals surface area contributed by atoms with E-state index in [0.717, 1.165) is 44.9 Å². The van der Waals surface area contributed by atoms with Crippen LogP contribution in [0, 0.1) is 0 Å². The molecule has 69 heavy (non-hydrogen) atoms. The van der Waals surface area contributed by atoms with Crippen molar-refractivity contribution in [1.82, 2.24) is 19.5 Å². The van der Waals surface area contributed by atoms with Gasteiger partial charge in [-0.3, -0.25) is 4.57 Å². The number of aromatic nitrogens is 4. The fourth-order valence-corrected chi connectivity index (χ4v) is 10.7. The zero-order valence-electron chi connectivity index (χ0n) is 40.0. The smallest absolute Gasteiger partial charge is 0.356 e. The molecule has 1 unspecified atom stereocenters. The van der Waals surface area contributed by atoms with E-state index in [1.807, 2.05) is 141 Å². The van der Waals surface area contributed by atoms with E-state index in [1.165, 1.54) is 0 Å². The maximum absolute atomic E-state index is 14.1. The second-order valence-corrected chi connectivity index (χ2v) is 19.1. The second-order valence-electron chi connectivity index (χ2n) is 17.2. The summed E-state index contributed by atoms with van der Waals surface area (Å²) >= 11 is 0. The number of benzene rings is 6. The van der Waals surface area contributed by atoms with Crippen molar-refractivity contribution in [3.8, 4) is 11.5 Å². The molecule has 0 aliphatic rings. The lowest BCUT2D eigenvalue weighted by Crippen LogP contribution is -2.38. The first-order valence-corrected chi connectivity index (χ1v) is 25.0. The lowest BCUT2D eigenvalue weighted by molar-refractivity contribution is 0.000188. The Morgan fingerprint density at radius 1 is 0.580 bits per heavy atom. The number of nitrogens with one attached hydrogen (secondary N) is 1. The van der Waals surface area contributed by atoms with Crippen LogP contribution in [-0.2, 0) is 34.2 Å². The van der Waals surface area contributed by atoms with Gasteiger partial charge in [0.15, 0.2) is 11.5 Å². The van der Waals surface area contributed by atoms with Gasteiger partial charge in [-0.05, 0) is 91.8 Å². The Balaban J connectivity index is 1.21. The Labute approximate surface area is 405 Å². The van der Waals surface area contributed by atoms with Crippen LogP contribution in [-0.4, -0.2) is 65.5 Å². The molecular weight excluding hydrogens is 886 g/mol. The molecule has 0 spiro atoms. The van der Waals surface area contributed by atoms with Gasteiger partial charge in [0.1, 0.15) is 40.8 Å². The molecule has 356 valence electrons. The Kier molecular flexibility index (Phi) is 15.7. The number of nitrogens with zero attached hydrogens (tertiary/aromatic N) is 4. The molecule has 2 heterocycles. The van der Waals surface area contributed by atoms with E-state index in [4.69, 9.17) is 42.9 Å². The summed E-state index contributed by atoms with van der Waals surface area (Å²) < 4.78 is 52.7. The minimum Gasteiger partial charge on any atom is -0.497 e. The van der Waals surface area contributed by atoms with Gasteiger partial charge in [-0.15, -0.1) is 0 Å². The van der Waals surface area contributed by atoms with Gasteiger partial charge < -0.3 is 37.9 Å². The molecular formula is C56H60N5O7P. The van der Waals surface area contributed by atoms with E-state index >= 15 is 0 Å². The molecule has 13 heteroatoms. The highest BCUT2D eigenvalue weighted by molar-refractivity contribution is 7.53. The Morgan fingerprint density at radius 2 is 1.03 bits per heavy atom. The van der Waals surface area contributed by atoms with Gasteiger partial charge in [0.2, 0.25) is 0 Å². The number of fused-ring (bicyclic) bond motifs is 1. The number of hydrogen-bond donors (Lipinski definition) is 1. The third-order valence-electron chi connectivity index (χ3n) is 11.9. The summed E-state index contributed by atoms with van der Waals surface area (Å²) in [6, 6.07) is 56.7. The minimum absolute atomic E-state index is 0.102. The maximum Gasteiger partial charge on any atom is 0.356 e. The summed E-state index contributed by atoms with van der Waals surface area (Å²) in [5, 5.41) is 3.90. The van der Waals surface area contributed by atoms with E-state index in [2.05, 4.69) is 66.0 Å². The van der Waals surface area contributed by atoms with Crippen molar-refractivity contribution in [3.05, 3.63) is 216 Å². The van der Waals surface area contributed by atoms with Crippen LogP contribution in [0.1, 0.15) is 73.5 Å². The zero-order valence-corrected chi connectivity index (χ0v) is 40.9. The molecule has 0 aliphatic carbocycles.